The lowest BCUT2D eigenvalue weighted by Gasteiger charge is -2.22. The number of hydrogen-bond acceptors (Lipinski definition) is 5. The van der Waals surface area contributed by atoms with Gasteiger partial charge in [-0.2, -0.15) is 18.3 Å². The predicted octanol–water partition coefficient (Wildman–Crippen LogP) is 4.74. The Labute approximate surface area is 184 Å². The number of H-pyrrole nitrogens is 1. The number of alkyl halides is 3. The quantitative estimate of drug-likeness (QED) is 0.543. The molecule has 3 heterocycles. The van der Waals surface area contributed by atoms with Gasteiger partial charge < -0.3 is 4.74 Å². The van der Waals surface area contributed by atoms with Gasteiger partial charge >= 0.3 is 6.18 Å². The van der Waals surface area contributed by atoms with Crippen LogP contribution in [0, 0.1) is 0 Å². The Balaban J connectivity index is 1.30. The summed E-state index contributed by atoms with van der Waals surface area (Å²) in [7, 11) is 0. The first kappa shape index (κ1) is 22.3. The number of nitrogens with zero attached hydrogens (tertiary/aromatic N) is 4. The van der Waals surface area contributed by atoms with Gasteiger partial charge in [-0.25, -0.2) is 9.97 Å². The summed E-state index contributed by atoms with van der Waals surface area (Å²) in [6.07, 6.45) is 3.02. The normalized spacial score (nSPS) is 17.1. The number of rotatable bonds is 8. The van der Waals surface area contributed by atoms with Gasteiger partial charge in [-0.1, -0.05) is 6.92 Å². The first-order chi connectivity index (χ1) is 15.4. The van der Waals surface area contributed by atoms with Crippen molar-refractivity contribution in [2.24, 2.45) is 0 Å². The summed E-state index contributed by atoms with van der Waals surface area (Å²) in [4.78, 5) is 11.2. The predicted molar refractivity (Wildman–Crippen MR) is 113 cm³/mol. The van der Waals surface area contributed by atoms with E-state index in [0.717, 1.165) is 67.3 Å². The fourth-order valence-corrected chi connectivity index (χ4v) is 3.93. The summed E-state index contributed by atoms with van der Waals surface area (Å²) in [5.41, 5.74) is 2.35. The van der Waals surface area contributed by atoms with E-state index in [2.05, 4.69) is 31.1 Å². The summed E-state index contributed by atoms with van der Waals surface area (Å²) in [5, 5.41) is 7.57. The van der Waals surface area contributed by atoms with Gasteiger partial charge in [0.05, 0.1) is 23.9 Å². The second kappa shape index (κ2) is 9.68. The molecule has 1 aromatic carbocycles. The number of nitrogens with one attached hydrogen (secondary N) is 1. The third-order valence-corrected chi connectivity index (χ3v) is 5.64. The summed E-state index contributed by atoms with van der Waals surface area (Å²) in [5.74, 6) is 1.26. The zero-order valence-electron chi connectivity index (χ0n) is 17.9. The molecule has 170 valence electrons. The molecule has 0 spiro atoms. The number of likely N-dealkylation sites (tertiary alicyclic amines) is 1. The third kappa shape index (κ3) is 5.45. The van der Waals surface area contributed by atoms with Gasteiger partial charge in [0, 0.05) is 43.0 Å². The van der Waals surface area contributed by atoms with E-state index in [1.165, 1.54) is 12.1 Å². The molecule has 1 saturated heterocycles. The SMILES string of the molecule is CCc1ncc(CN2CCCC2c2cc(CCOc3ccc(C(F)(F)F)cc3)[nH]n2)cn1. The highest BCUT2D eigenvalue weighted by atomic mass is 19.4. The number of benzene rings is 1. The van der Waals surface area contributed by atoms with Crippen molar-refractivity contribution in [1.82, 2.24) is 25.1 Å². The van der Waals surface area contributed by atoms with Crippen LogP contribution in [0.4, 0.5) is 13.2 Å². The summed E-state index contributed by atoms with van der Waals surface area (Å²) in [6, 6.07) is 7.03. The highest BCUT2D eigenvalue weighted by Gasteiger charge is 2.30. The minimum atomic E-state index is -4.34. The number of halogens is 3. The van der Waals surface area contributed by atoms with Crippen molar-refractivity contribution in [3.05, 3.63) is 71.1 Å². The van der Waals surface area contributed by atoms with Gasteiger partial charge in [0.15, 0.2) is 0 Å². The molecule has 0 bridgehead atoms. The van der Waals surface area contributed by atoms with E-state index in [1.54, 1.807) is 0 Å². The van der Waals surface area contributed by atoms with Crippen molar-refractivity contribution in [3.8, 4) is 5.75 Å². The zero-order valence-corrected chi connectivity index (χ0v) is 17.9. The average molecular weight is 445 g/mol. The van der Waals surface area contributed by atoms with Crippen LogP contribution in [-0.4, -0.2) is 38.2 Å². The monoisotopic (exact) mass is 445 g/mol. The van der Waals surface area contributed by atoms with Gasteiger partial charge in [0.2, 0.25) is 0 Å². The van der Waals surface area contributed by atoms with Crippen molar-refractivity contribution >= 4 is 0 Å². The van der Waals surface area contributed by atoms with Crippen LogP contribution in [0.2, 0.25) is 0 Å². The van der Waals surface area contributed by atoms with Gasteiger partial charge in [-0.3, -0.25) is 10.00 Å². The summed E-state index contributed by atoms with van der Waals surface area (Å²) >= 11 is 0. The highest BCUT2D eigenvalue weighted by molar-refractivity contribution is 5.29. The number of aromatic nitrogens is 4. The van der Waals surface area contributed by atoms with E-state index in [1.807, 2.05) is 19.3 Å². The number of aromatic amines is 1. The maximum Gasteiger partial charge on any atom is 0.416 e. The Morgan fingerprint density at radius 2 is 1.91 bits per heavy atom. The van der Waals surface area contributed by atoms with Crippen LogP contribution < -0.4 is 4.74 Å². The summed E-state index contributed by atoms with van der Waals surface area (Å²) < 4.78 is 43.5. The lowest BCUT2D eigenvalue weighted by Crippen LogP contribution is -2.23. The van der Waals surface area contributed by atoms with Crippen LogP contribution >= 0.6 is 0 Å². The Bertz CT molecular complexity index is 1000. The van der Waals surface area contributed by atoms with Crippen molar-refractivity contribution in [2.45, 2.75) is 51.4 Å². The lowest BCUT2D eigenvalue weighted by atomic mass is 10.1. The minimum Gasteiger partial charge on any atom is -0.493 e. The van der Waals surface area contributed by atoms with E-state index in [9.17, 15) is 13.2 Å². The Hall–Kier alpha value is -2.94. The highest BCUT2D eigenvalue weighted by Crippen LogP contribution is 2.32. The van der Waals surface area contributed by atoms with Gasteiger partial charge in [-0.05, 0) is 49.7 Å². The van der Waals surface area contributed by atoms with Crippen LogP contribution in [0.5, 0.6) is 5.75 Å². The molecule has 0 aliphatic carbocycles. The fraction of sp³-hybridized carbons (Fsp3) is 0.435. The molecular formula is C23H26F3N5O. The molecule has 9 heteroatoms. The van der Waals surface area contributed by atoms with E-state index in [4.69, 9.17) is 4.74 Å². The van der Waals surface area contributed by atoms with Crippen LogP contribution in [-0.2, 0) is 25.6 Å². The van der Waals surface area contributed by atoms with E-state index < -0.39 is 11.7 Å². The Morgan fingerprint density at radius 3 is 2.59 bits per heavy atom. The van der Waals surface area contributed by atoms with Crippen LogP contribution in [0.1, 0.15) is 54.1 Å². The largest absolute Gasteiger partial charge is 0.493 e. The van der Waals surface area contributed by atoms with Crippen LogP contribution in [0.3, 0.4) is 0 Å². The topological polar surface area (TPSA) is 66.9 Å². The molecule has 0 amide bonds. The van der Waals surface area contributed by atoms with Gasteiger partial charge in [-0.15, -0.1) is 0 Å². The number of aryl methyl sites for hydroxylation is 1. The lowest BCUT2D eigenvalue weighted by molar-refractivity contribution is -0.137. The third-order valence-electron chi connectivity index (χ3n) is 5.64. The molecule has 1 aliphatic heterocycles. The first-order valence-electron chi connectivity index (χ1n) is 10.8. The van der Waals surface area contributed by atoms with Crippen molar-refractivity contribution in [1.29, 1.82) is 0 Å². The van der Waals surface area contributed by atoms with E-state index >= 15 is 0 Å². The molecule has 32 heavy (non-hydrogen) atoms. The minimum absolute atomic E-state index is 0.238. The summed E-state index contributed by atoms with van der Waals surface area (Å²) in [6.45, 7) is 4.17. The first-order valence-corrected chi connectivity index (χ1v) is 10.8. The van der Waals surface area contributed by atoms with E-state index in [0.29, 0.717) is 18.8 Å². The average Bonchev–Trinajstić information content (AvgIpc) is 3.43. The molecule has 0 saturated carbocycles. The molecule has 1 aliphatic rings. The molecule has 1 atom stereocenters. The molecule has 1 unspecified atom stereocenters. The van der Waals surface area contributed by atoms with Crippen molar-refractivity contribution < 1.29 is 17.9 Å². The maximum atomic E-state index is 12.6. The van der Waals surface area contributed by atoms with Crippen LogP contribution in [0.15, 0.2) is 42.7 Å². The number of ether oxygens (including phenoxy) is 1. The smallest absolute Gasteiger partial charge is 0.416 e. The maximum absolute atomic E-state index is 12.6. The van der Waals surface area contributed by atoms with Crippen LogP contribution in [0.25, 0.3) is 0 Å². The molecule has 1 fully saturated rings. The molecule has 3 aromatic rings. The molecular weight excluding hydrogens is 419 g/mol. The molecule has 1 N–H and O–H groups in total. The van der Waals surface area contributed by atoms with Crippen molar-refractivity contribution in [2.75, 3.05) is 13.2 Å². The second-order valence-corrected chi connectivity index (χ2v) is 7.93. The molecule has 4 rings (SSSR count). The molecule has 6 nitrogen and oxygen atoms in total. The molecule has 0 radical (unpaired) electrons. The zero-order chi connectivity index (χ0) is 22.6. The standard InChI is InChI=1S/C23H26F3N5O/c1-2-22-27-13-16(14-28-22)15-31-10-3-4-21(31)20-12-18(29-30-20)9-11-32-19-7-5-17(6-8-19)23(24,25)26/h5-8,12-14,21H,2-4,9-11,15H2,1H3,(H,29,30). The molecule has 2 aromatic heterocycles. The van der Waals surface area contributed by atoms with E-state index in [-0.39, 0.29) is 6.04 Å². The Kier molecular flexibility index (Phi) is 6.74. The second-order valence-electron chi connectivity index (χ2n) is 7.93. The number of hydrogen-bond donors (Lipinski definition) is 1. The fourth-order valence-electron chi connectivity index (χ4n) is 3.93. The van der Waals surface area contributed by atoms with Gasteiger partial charge in [0.1, 0.15) is 11.6 Å². The van der Waals surface area contributed by atoms with Crippen molar-refractivity contribution in [3.63, 3.8) is 0 Å². The van der Waals surface area contributed by atoms with Gasteiger partial charge in [0.25, 0.3) is 0 Å². The Morgan fingerprint density at radius 1 is 1.16 bits per heavy atom.